The fraction of sp³-hybridized carbons (Fsp3) is 0.333. The van der Waals surface area contributed by atoms with E-state index in [1.54, 1.807) is 0 Å². The molecule has 0 fully saturated rings. The van der Waals surface area contributed by atoms with Crippen molar-refractivity contribution in [3.05, 3.63) is 29.3 Å². The summed E-state index contributed by atoms with van der Waals surface area (Å²) in [6.45, 7) is 1.38. The van der Waals surface area contributed by atoms with Crippen LogP contribution in [0.4, 0.5) is 0 Å². The Bertz CT molecular complexity index is 275. The van der Waals surface area contributed by atoms with Crippen LogP contribution in [0.2, 0.25) is 0 Å². The molecule has 1 aromatic rings. The highest BCUT2D eigenvalue weighted by molar-refractivity contribution is 5.85. The SMILES string of the molecule is Cl.NCc1cccc2c1OCC2. The second-order valence-corrected chi connectivity index (χ2v) is 2.71. The minimum atomic E-state index is 0. The first kappa shape index (κ1) is 9.36. The molecule has 0 saturated carbocycles. The average Bonchev–Trinajstić information content (AvgIpc) is 2.50. The molecule has 1 aliphatic rings. The normalized spacial score (nSPS) is 13.1. The van der Waals surface area contributed by atoms with Gasteiger partial charge in [-0.2, -0.15) is 0 Å². The van der Waals surface area contributed by atoms with Gasteiger partial charge < -0.3 is 10.5 Å². The maximum absolute atomic E-state index is 5.54. The number of halogens is 1. The van der Waals surface area contributed by atoms with Crippen LogP contribution in [0.3, 0.4) is 0 Å². The third-order valence-corrected chi connectivity index (χ3v) is 2.02. The van der Waals surface area contributed by atoms with E-state index in [9.17, 15) is 0 Å². The molecule has 0 aromatic heterocycles. The Kier molecular flexibility index (Phi) is 2.95. The van der Waals surface area contributed by atoms with E-state index in [-0.39, 0.29) is 12.4 Å². The molecule has 2 N–H and O–H groups in total. The zero-order chi connectivity index (χ0) is 7.68. The molecular formula is C9H12ClNO. The summed E-state index contributed by atoms with van der Waals surface area (Å²) in [6, 6.07) is 6.15. The van der Waals surface area contributed by atoms with Gasteiger partial charge in [-0.05, 0) is 5.56 Å². The Balaban J connectivity index is 0.000000720. The molecule has 1 aliphatic heterocycles. The van der Waals surface area contributed by atoms with Crippen LogP contribution in [0.15, 0.2) is 18.2 Å². The van der Waals surface area contributed by atoms with Crippen LogP contribution in [0.1, 0.15) is 11.1 Å². The third kappa shape index (κ3) is 1.40. The van der Waals surface area contributed by atoms with Gasteiger partial charge in [0.25, 0.3) is 0 Å². The van der Waals surface area contributed by atoms with Crippen LogP contribution in [0.25, 0.3) is 0 Å². The molecule has 1 aromatic carbocycles. The van der Waals surface area contributed by atoms with E-state index in [4.69, 9.17) is 10.5 Å². The minimum absolute atomic E-state index is 0. The van der Waals surface area contributed by atoms with Gasteiger partial charge in [0.05, 0.1) is 6.61 Å². The highest BCUT2D eigenvalue weighted by Gasteiger charge is 2.13. The number of hydrogen-bond acceptors (Lipinski definition) is 2. The highest BCUT2D eigenvalue weighted by atomic mass is 35.5. The van der Waals surface area contributed by atoms with E-state index in [1.165, 1.54) is 5.56 Å². The van der Waals surface area contributed by atoms with Crippen LogP contribution in [0.5, 0.6) is 5.75 Å². The number of ether oxygens (including phenoxy) is 1. The maximum Gasteiger partial charge on any atom is 0.127 e. The molecule has 0 radical (unpaired) electrons. The predicted octanol–water partition coefficient (Wildman–Crippen LogP) is 1.50. The molecule has 0 saturated heterocycles. The lowest BCUT2D eigenvalue weighted by Gasteiger charge is -2.03. The van der Waals surface area contributed by atoms with Crippen molar-refractivity contribution in [2.24, 2.45) is 5.73 Å². The molecule has 2 rings (SSSR count). The monoisotopic (exact) mass is 185 g/mol. The molecule has 0 atom stereocenters. The standard InChI is InChI=1S/C9H11NO.ClH/c10-6-8-3-1-2-7-4-5-11-9(7)8;/h1-3H,4-6,10H2;1H. The van der Waals surface area contributed by atoms with E-state index in [0.29, 0.717) is 6.54 Å². The number of benzene rings is 1. The van der Waals surface area contributed by atoms with E-state index in [1.807, 2.05) is 12.1 Å². The van der Waals surface area contributed by atoms with Gasteiger partial charge in [0.1, 0.15) is 5.75 Å². The topological polar surface area (TPSA) is 35.2 Å². The second kappa shape index (κ2) is 3.78. The second-order valence-electron chi connectivity index (χ2n) is 2.71. The summed E-state index contributed by atoms with van der Waals surface area (Å²) >= 11 is 0. The quantitative estimate of drug-likeness (QED) is 0.720. The molecule has 0 spiro atoms. The summed E-state index contributed by atoms with van der Waals surface area (Å²) in [5.74, 6) is 1.02. The molecule has 66 valence electrons. The van der Waals surface area contributed by atoms with Gasteiger partial charge in [0.2, 0.25) is 0 Å². The molecule has 3 heteroatoms. The van der Waals surface area contributed by atoms with Gasteiger partial charge in [-0.25, -0.2) is 0 Å². The first-order chi connectivity index (χ1) is 5.42. The minimum Gasteiger partial charge on any atom is -0.493 e. The summed E-state index contributed by atoms with van der Waals surface area (Å²) in [4.78, 5) is 0. The zero-order valence-electron chi connectivity index (χ0n) is 6.75. The maximum atomic E-state index is 5.54. The van der Waals surface area contributed by atoms with E-state index in [0.717, 1.165) is 24.3 Å². The lowest BCUT2D eigenvalue weighted by Crippen LogP contribution is -1.98. The van der Waals surface area contributed by atoms with Crippen LogP contribution in [-0.2, 0) is 13.0 Å². The number of fused-ring (bicyclic) bond motifs is 1. The van der Waals surface area contributed by atoms with E-state index >= 15 is 0 Å². The van der Waals surface area contributed by atoms with E-state index < -0.39 is 0 Å². The lowest BCUT2D eigenvalue weighted by atomic mass is 10.1. The van der Waals surface area contributed by atoms with Gasteiger partial charge in [-0.1, -0.05) is 18.2 Å². The van der Waals surface area contributed by atoms with Gasteiger partial charge >= 0.3 is 0 Å². The van der Waals surface area contributed by atoms with Crippen molar-refractivity contribution in [1.29, 1.82) is 0 Å². The predicted molar refractivity (Wildman–Crippen MR) is 50.8 cm³/mol. The van der Waals surface area contributed by atoms with E-state index in [2.05, 4.69) is 6.07 Å². The molecule has 0 unspecified atom stereocenters. The largest absolute Gasteiger partial charge is 0.493 e. The zero-order valence-corrected chi connectivity index (χ0v) is 7.56. The fourth-order valence-corrected chi connectivity index (χ4v) is 1.44. The molecule has 0 aliphatic carbocycles. The van der Waals surface area contributed by atoms with Crippen LogP contribution in [0, 0.1) is 0 Å². The molecule has 0 amide bonds. The molecule has 0 bridgehead atoms. The number of nitrogens with two attached hydrogens (primary N) is 1. The smallest absolute Gasteiger partial charge is 0.127 e. The van der Waals surface area contributed by atoms with Crippen molar-refractivity contribution >= 4 is 12.4 Å². The molecule has 2 nitrogen and oxygen atoms in total. The number of para-hydroxylation sites is 1. The Hall–Kier alpha value is -0.730. The first-order valence-corrected chi connectivity index (χ1v) is 3.85. The Labute approximate surface area is 78.1 Å². The summed E-state index contributed by atoms with van der Waals surface area (Å²) in [5, 5.41) is 0. The van der Waals surface area contributed by atoms with Crippen molar-refractivity contribution in [3.63, 3.8) is 0 Å². The van der Waals surface area contributed by atoms with Crippen LogP contribution in [-0.4, -0.2) is 6.61 Å². The Morgan fingerprint density at radius 1 is 1.42 bits per heavy atom. The van der Waals surface area contributed by atoms with Crippen molar-refractivity contribution in [1.82, 2.24) is 0 Å². The lowest BCUT2D eigenvalue weighted by molar-refractivity contribution is 0.353. The summed E-state index contributed by atoms with van der Waals surface area (Å²) < 4.78 is 5.44. The van der Waals surface area contributed by atoms with Crippen LogP contribution >= 0.6 is 12.4 Å². The summed E-state index contributed by atoms with van der Waals surface area (Å²) in [7, 11) is 0. The number of hydrogen-bond donors (Lipinski definition) is 1. The van der Waals surface area contributed by atoms with Gasteiger partial charge in [-0.3, -0.25) is 0 Å². The first-order valence-electron chi connectivity index (χ1n) is 3.85. The molecule has 1 heterocycles. The molecule has 12 heavy (non-hydrogen) atoms. The van der Waals surface area contributed by atoms with Crippen molar-refractivity contribution in [2.45, 2.75) is 13.0 Å². The van der Waals surface area contributed by atoms with Crippen molar-refractivity contribution in [2.75, 3.05) is 6.61 Å². The van der Waals surface area contributed by atoms with Gasteiger partial charge in [-0.15, -0.1) is 12.4 Å². The average molecular weight is 186 g/mol. The Morgan fingerprint density at radius 3 is 3.00 bits per heavy atom. The summed E-state index contributed by atoms with van der Waals surface area (Å²) in [5.41, 5.74) is 7.97. The van der Waals surface area contributed by atoms with Crippen LogP contribution < -0.4 is 10.5 Å². The number of rotatable bonds is 1. The Morgan fingerprint density at radius 2 is 2.25 bits per heavy atom. The van der Waals surface area contributed by atoms with Gasteiger partial charge in [0, 0.05) is 18.5 Å². The third-order valence-electron chi connectivity index (χ3n) is 2.02. The van der Waals surface area contributed by atoms with Crippen molar-refractivity contribution < 1.29 is 4.74 Å². The fourth-order valence-electron chi connectivity index (χ4n) is 1.44. The van der Waals surface area contributed by atoms with Crippen molar-refractivity contribution in [3.8, 4) is 5.75 Å². The highest BCUT2D eigenvalue weighted by Crippen LogP contribution is 2.28. The molecular weight excluding hydrogens is 174 g/mol. The van der Waals surface area contributed by atoms with Gasteiger partial charge in [0.15, 0.2) is 0 Å². The summed E-state index contributed by atoms with van der Waals surface area (Å²) in [6.07, 6.45) is 1.03.